The van der Waals surface area contributed by atoms with Crippen LogP contribution < -0.4 is 0 Å². The Morgan fingerprint density at radius 2 is 2.19 bits per heavy atom. The molecule has 138 valence electrons. The SMILES string of the molecule is CC(O)CC1(C)CC2=C3C=C[C@@H]4[C@H](CC#N)CC[C@H]4[C@@H]3CCC2=CC1=O. The Kier molecular flexibility index (Phi) is 4.43. The lowest BCUT2D eigenvalue weighted by Crippen LogP contribution is -2.37. The smallest absolute Gasteiger partial charge is 0.162 e. The first-order valence-corrected chi connectivity index (χ1v) is 10.1. The summed E-state index contributed by atoms with van der Waals surface area (Å²) in [5, 5.41) is 19.0. The number of aliphatic hydroxyl groups is 1. The van der Waals surface area contributed by atoms with Crippen LogP contribution in [0.2, 0.25) is 0 Å². The zero-order chi connectivity index (χ0) is 18.5. The number of hydrogen-bond acceptors (Lipinski definition) is 3. The molecule has 0 aliphatic heterocycles. The molecule has 0 heterocycles. The van der Waals surface area contributed by atoms with Crippen LogP contribution in [0.5, 0.6) is 0 Å². The number of hydrogen-bond donors (Lipinski definition) is 1. The predicted octanol–water partition coefficient (Wildman–Crippen LogP) is 4.50. The van der Waals surface area contributed by atoms with Gasteiger partial charge in [-0.05, 0) is 91.9 Å². The summed E-state index contributed by atoms with van der Waals surface area (Å²) in [4.78, 5) is 12.7. The van der Waals surface area contributed by atoms with E-state index in [0.29, 0.717) is 36.5 Å². The van der Waals surface area contributed by atoms with Crippen molar-refractivity contribution in [3.05, 3.63) is 34.9 Å². The van der Waals surface area contributed by atoms with Crippen LogP contribution in [0.1, 0.15) is 58.8 Å². The second-order valence-corrected chi connectivity index (χ2v) is 9.20. The fourth-order valence-electron chi connectivity index (χ4n) is 6.19. The lowest BCUT2D eigenvalue weighted by molar-refractivity contribution is -0.125. The van der Waals surface area contributed by atoms with E-state index in [-0.39, 0.29) is 5.78 Å². The third-order valence-electron chi connectivity index (χ3n) is 7.35. The highest BCUT2D eigenvalue weighted by Crippen LogP contribution is 2.55. The molecule has 0 aromatic carbocycles. The second kappa shape index (κ2) is 6.50. The van der Waals surface area contributed by atoms with E-state index in [1.54, 1.807) is 6.92 Å². The van der Waals surface area contributed by atoms with Crippen molar-refractivity contribution in [1.29, 1.82) is 5.26 Å². The van der Waals surface area contributed by atoms with Crippen molar-refractivity contribution in [3.63, 3.8) is 0 Å². The molecule has 1 N–H and O–H groups in total. The molecule has 0 aromatic heterocycles. The lowest BCUT2D eigenvalue weighted by atomic mass is 9.61. The molecule has 4 aliphatic carbocycles. The van der Waals surface area contributed by atoms with Crippen LogP contribution in [-0.4, -0.2) is 17.0 Å². The monoisotopic (exact) mass is 351 g/mol. The number of aliphatic hydroxyl groups excluding tert-OH is 1. The Hall–Kier alpha value is -1.66. The zero-order valence-electron chi connectivity index (χ0n) is 15.9. The molecule has 4 rings (SSSR count). The van der Waals surface area contributed by atoms with Crippen LogP contribution in [0.25, 0.3) is 0 Å². The predicted molar refractivity (Wildman–Crippen MR) is 101 cm³/mol. The Morgan fingerprint density at radius 1 is 1.38 bits per heavy atom. The average Bonchev–Trinajstić information content (AvgIpc) is 2.99. The Balaban J connectivity index is 1.70. The molecule has 0 amide bonds. The van der Waals surface area contributed by atoms with Crippen LogP contribution in [0.15, 0.2) is 34.9 Å². The highest BCUT2D eigenvalue weighted by molar-refractivity contribution is 5.98. The molecule has 0 bridgehead atoms. The highest BCUT2D eigenvalue weighted by atomic mass is 16.3. The summed E-state index contributed by atoms with van der Waals surface area (Å²) in [6.45, 7) is 3.79. The van der Waals surface area contributed by atoms with Crippen LogP contribution in [-0.2, 0) is 4.79 Å². The number of nitrogens with zero attached hydrogens (tertiary/aromatic N) is 1. The van der Waals surface area contributed by atoms with E-state index in [1.807, 2.05) is 13.0 Å². The summed E-state index contributed by atoms with van der Waals surface area (Å²) in [5.74, 6) is 2.53. The van der Waals surface area contributed by atoms with Gasteiger partial charge in [-0.1, -0.05) is 19.1 Å². The quantitative estimate of drug-likeness (QED) is 0.814. The molecule has 26 heavy (non-hydrogen) atoms. The Bertz CT molecular complexity index is 751. The number of ketones is 1. The van der Waals surface area contributed by atoms with E-state index in [9.17, 15) is 9.90 Å². The van der Waals surface area contributed by atoms with Gasteiger partial charge in [0.15, 0.2) is 5.78 Å². The maximum Gasteiger partial charge on any atom is 0.162 e. The minimum absolute atomic E-state index is 0.184. The van der Waals surface area contributed by atoms with Gasteiger partial charge in [0.1, 0.15) is 0 Å². The molecule has 0 aromatic rings. The summed E-state index contributed by atoms with van der Waals surface area (Å²) in [5.41, 5.74) is 3.58. The first kappa shape index (κ1) is 17.7. The van der Waals surface area contributed by atoms with Gasteiger partial charge in [0.2, 0.25) is 0 Å². The van der Waals surface area contributed by atoms with Crippen LogP contribution >= 0.6 is 0 Å². The zero-order valence-corrected chi connectivity index (χ0v) is 15.9. The fourth-order valence-corrected chi connectivity index (χ4v) is 6.19. The van der Waals surface area contributed by atoms with E-state index in [4.69, 9.17) is 5.26 Å². The van der Waals surface area contributed by atoms with Crippen molar-refractivity contribution in [2.24, 2.45) is 29.1 Å². The molecule has 6 atom stereocenters. The summed E-state index contributed by atoms with van der Waals surface area (Å²) in [6, 6.07) is 2.38. The Morgan fingerprint density at radius 3 is 2.92 bits per heavy atom. The standard InChI is InChI=1S/C23H29NO2/c1-14(25)12-23(2)13-21-16(11-22(23)26)4-6-19-18-5-3-15(9-10-24)17(18)7-8-20(19)21/h7-8,11,14-15,17-19,25H,3-6,9,12-13H2,1-2H3/t14?,15-,17+,18+,19-,23?/m0/s1. The van der Waals surface area contributed by atoms with E-state index in [0.717, 1.165) is 19.3 Å². The first-order valence-electron chi connectivity index (χ1n) is 10.1. The van der Waals surface area contributed by atoms with Gasteiger partial charge >= 0.3 is 0 Å². The highest BCUT2D eigenvalue weighted by Gasteiger charge is 2.46. The number of nitriles is 1. The summed E-state index contributed by atoms with van der Waals surface area (Å²) >= 11 is 0. The number of carbonyl (C=O) groups excluding carboxylic acids is 1. The third kappa shape index (κ3) is 2.79. The van der Waals surface area contributed by atoms with Gasteiger partial charge < -0.3 is 5.11 Å². The minimum Gasteiger partial charge on any atom is -0.393 e. The number of carbonyl (C=O) groups is 1. The van der Waals surface area contributed by atoms with Gasteiger partial charge in [0, 0.05) is 11.8 Å². The molecule has 3 heteroatoms. The van der Waals surface area contributed by atoms with Gasteiger partial charge in [0.25, 0.3) is 0 Å². The molecule has 3 nitrogen and oxygen atoms in total. The van der Waals surface area contributed by atoms with Crippen LogP contribution in [0.4, 0.5) is 0 Å². The van der Waals surface area contributed by atoms with E-state index < -0.39 is 11.5 Å². The van der Waals surface area contributed by atoms with E-state index >= 15 is 0 Å². The van der Waals surface area contributed by atoms with Crippen LogP contribution in [0.3, 0.4) is 0 Å². The summed E-state index contributed by atoms with van der Waals surface area (Å²) in [6.07, 6.45) is 12.6. The first-order chi connectivity index (χ1) is 12.4. The second-order valence-electron chi connectivity index (χ2n) is 9.20. The molecule has 1 fully saturated rings. The molecular weight excluding hydrogens is 322 g/mol. The molecule has 0 spiro atoms. The molecule has 4 aliphatic rings. The molecule has 1 saturated carbocycles. The molecule has 0 radical (unpaired) electrons. The average molecular weight is 351 g/mol. The van der Waals surface area contributed by atoms with Crippen molar-refractivity contribution < 1.29 is 9.90 Å². The van der Waals surface area contributed by atoms with Crippen molar-refractivity contribution in [3.8, 4) is 6.07 Å². The Labute approximate surface area is 156 Å². The summed E-state index contributed by atoms with van der Waals surface area (Å²) < 4.78 is 0. The normalized spacial score (nSPS) is 39.6. The molecule has 0 saturated heterocycles. The van der Waals surface area contributed by atoms with E-state index in [1.165, 1.54) is 29.6 Å². The molecule has 2 unspecified atom stereocenters. The van der Waals surface area contributed by atoms with Gasteiger partial charge in [-0.25, -0.2) is 0 Å². The maximum absolute atomic E-state index is 12.7. The summed E-state index contributed by atoms with van der Waals surface area (Å²) in [7, 11) is 0. The van der Waals surface area contributed by atoms with Gasteiger partial charge in [0.05, 0.1) is 12.2 Å². The minimum atomic E-state index is -0.481. The topological polar surface area (TPSA) is 61.1 Å². The lowest BCUT2D eigenvalue weighted by Gasteiger charge is -2.43. The largest absolute Gasteiger partial charge is 0.393 e. The fraction of sp³-hybridized carbons (Fsp3) is 0.652. The van der Waals surface area contributed by atoms with Crippen molar-refractivity contribution in [2.75, 3.05) is 0 Å². The van der Waals surface area contributed by atoms with Crippen LogP contribution in [0, 0.1) is 40.4 Å². The van der Waals surface area contributed by atoms with Gasteiger partial charge in [-0.2, -0.15) is 5.26 Å². The number of fused-ring (bicyclic) bond motifs is 4. The van der Waals surface area contributed by atoms with Crippen molar-refractivity contribution >= 4 is 5.78 Å². The molecular formula is C23H29NO2. The van der Waals surface area contributed by atoms with Crippen molar-refractivity contribution in [2.45, 2.75) is 64.9 Å². The maximum atomic E-state index is 12.7. The van der Waals surface area contributed by atoms with Gasteiger partial charge in [-0.15, -0.1) is 0 Å². The number of allylic oxidation sites excluding steroid dienone is 6. The van der Waals surface area contributed by atoms with Crippen molar-refractivity contribution in [1.82, 2.24) is 0 Å². The van der Waals surface area contributed by atoms with Gasteiger partial charge in [-0.3, -0.25) is 4.79 Å². The third-order valence-corrected chi connectivity index (χ3v) is 7.35. The van der Waals surface area contributed by atoms with E-state index in [2.05, 4.69) is 18.2 Å². The number of rotatable bonds is 3.